The van der Waals surface area contributed by atoms with Crippen LogP contribution in [0.15, 0.2) is 36.5 Å². The van der Waals surface area contributed by atoms with Crippen LogP contribution in [0, 0.1) is 10.1 Å². The van der Waals surface area contributed by atoms with Gasteiger partial charge in [-0.25, -0.2) is 4.79 Å². The van der Waals surface area contributed by atoms with Gasteiger partial charge in [0.05, 0.1) is 4.92 Å². The summed E-state index contributed by atoms with van der Waals surface area (Å²) >= 11 is 0. The fourth-order valence-electron chi connectivity index (χ4n) is 1.63. The van der Waals surface area contributed by atoms with Crippen molar-refractivity contribution in [1.29, 1.82) is 0 Å². The van der Waals surface area contributed by atoms with E-state index in [0.29, 0.717) is 0 Å². The highest BCUT2D eigenvalue weighted by molar-refractivity contribution is 6.12. The van der Waals surface area contributed by atoms with Crippen molar-refractivity contribution in [2.24, 2.45) is 0 Å². The summed E-state index contributed by atoms with van der Waals surface area (Å²) in [5.74, 6) is -1.81. The molecule has 1 heterocycles. The van der Waals surface area contributed by atoms with E-state index in [0.717, 1.165) is 6.07 Å². The number of benzene rings is 1. The maximum Gasteiger partial charge on any atom is 0.352 e. The number of nitrogens with zero attached hydrogens (tertiary/aromatic N) is 1. The molecule has 0 bridgehead atoms. The molecule has 7 nitrogen and oxygen atoms in total. The normalized spacial score (nSPS) is 10.1. The fourth-order valence-corrected chi connectivity index (χ4v) is 1.63. The van der Waals surface area contributed by atoms with E-state index < -0.39 is 16.7 Å². The second-order valence-electron chi connectivity index (χ2n) is 3.71. The second-order valence-corrected chi connectivity index (χ2v) is 3.71. The average molecular weight is 260 g/mol. The summed E-state index contributed by atoms with van der Waals surface area (Å²) in [6, 6.07) is 6.65. The number of nitro groups is 1. The van der Waals surface area contributed by atoms with E-state index in [4.69, 9.17) is 5.11 Å². The summed E-state index contributed by atoms with van der Waals surface area (Å²) in [7, 11) is 0. The zero-order valence-corrected chi connectivity index (χ0v) is 9.49. The number of carboxylic acids is 1. The van der Waals surface area contributed by atoms with Crippen molar-refractivity contribution in [2.75, 3.05) is 0 Å². The molecule has 2 rings (SSSR count). The predicted octanol–water partition coefficient (Wildman–Crippen LogP) is 1.85. The van der Waals surface area contributed by atoms with Crippen LogP contribution in [0.1, 0.15) is 26.4 Å². The number of hydrogen-bond acceptors (Lipinski definition) is 4. The number of carboxylic acid groups (broad SMARTS) is 1. The van der Waals surface area contributed by atoms with Crippen LogP contribution in [0.2, 0.25) is 0 Å². The number of aromatic amines is 1. The van der Waals surface area contributed by atoms with Crippen LogP contribution in [0.3, 0.4) is 0 Å². The van der Waals surface area contributed by atoms with Crippen LogP contribution in [0.5, 0.6) is 0 Å². The molecule has 1 aromatic carbocycles. The minimum absolute atomic E-state index is 0.0618. The number of carbonyl (C=O) groups excluding carboxylic acids is 1. The topological polar surface area (TPSA) is 113 Å². The van der Waals surface area contributed by atoms with Gasteiger partial charge in [-0.05, 0) is 12.1 Å². The van der Waals surface area contributed by atoms with Gasteiger partial charge < -0.3 is 10.1 Å². The minimum Gasteiger partial charge on any atom is -0.477 e. The largest absolute Gasteiger partial charge is 0.477 e. The molecule has 0 spiro atoms. The van der Waals surface area contributed by atoms with E-state index in [1.54, 1.807) is 0 Å². The summed E-state index contributed by atoms with van der Waals surface area (Å²) in [5.41, 5.74) is -0.484. The molecule has 0 aliphatic heterocycles. The third-order valence-electron chi connectivity index (χ3n) is 2.52. The Bertz CT molecular complexity index is 674. The molecule has 7 heteroatoms. The first kappa shape index (κ1) is 12.5. The van der Waals surface area contributed by atoms with Crippen molar-refractivity contribution in [2.45, 2.75) is 0 Å². The van der Waals surface area contributed by atoms with E-state index in [-0.39, 0.29) is 22.5 Å². The van der Waals surface area contributed by atoms with Crippen molar-refractivity contribution in [1.82, 2.24) is 4.98 Å². The third kappa shape index (κ3) is 2.34. The summed E-state index contributed by atoms with van der Waals surface area (Å²) < 4.78 is 0. The molecule has 0 unspecified atom stereocenters. The number of hydrogen-bond donors (Lipinski definition) is 2. The molecule has 2 aromatic rings. The van der Waals surface area contributed by atoms with Gasteiger partial charge in [0, 0.05) is 17.8 Å². The van der Waals surface area contributed by atoms with Gasteiger partial charge in [-0.15, -0.1) is 0 Å². The Morgan fingerprint density at radius 3 is 2.53 bits per heavy atom. The Hall–Kier alpha value is -2.96. The molecule has 0 saturated heterocycles. The van der Waals surface area contributed by atoms with Gasteiger partial charge in [0.25, 0.3) is 5.69 Å². The standard InChI is InChI=1S/C12H8N2O5/c15-11(7-5-9(12(16)17)13-6-7)8-3-1-2-4-10(8)14(18)19/h1-6,13H,(H,16,17). The summed E-state index contributed by atoms with van der Waals surface area (Å²) in [6.45, 7) is 0. The van der Waals surface area contributed by atoms with Crippen LogP contribution in [-0.2, 0) is 0 Å². The molecular formula is C12H8N2O5. The molecule has 0 aliphatic carbocycles. The maximum atomic E-state index is 12.1. The van der Waals surface area contributed by atoms with Crippen molar-refractivity contribution >= 4 is 17.4 Å². The van der Waals surface area contributed by atoms with Gasteiger partial charge in [0.15, 0.2) is 0 Å². The highest BCUT2D eigenvalue weighted by Gasteiger charge is 2.22. The van der Waals surface area contributed by atoms with Crippen molar-refractivity contribution in [3.8, 4) is 0 Å². The number of nitrogens with one attached hydrogen (secondary N) is 1. The molecule has 0 saturated carbocycles. The molecule has 0 amide bonds. The number of aromatic nitrogens is 1. The molecule has 0 atom stereocenters. The van der Waals surface area contributed by atoms with Gasteiger partial charge in [0.2, 0.25) is 5.78 Å². The Balaban J connectivity index is 2.44. The van der Waals surface area contributed by atoms with Crippen molar-refractivity contribution in [3.05, 3.63) is 63.5 Å². The smallest absolute Gasteiger partial charge is 0.352 e. The highest BCUT2D eigenvalue weighted by atomic mass is 16.6. The number of ketones is 1. The molecular weight excluding hydrogens is 252 g/mol. The Morgan fingerprint density at radius 2 is 1.95 bits per heavy atom. The van der Waals surface area contributed by atoms with Gasteiger partial charge in [-0.3, -0.25) is 14.9 Å². The quantitative estimate of drug-likeness (QED) is 0.494. The van der Waals surface area contributed by atoms with E-state index in [9.17, 15) is 19.7 Å². The lowest BCUT2D eigenvalue weighted by Crippen LogP contribution is -2.04. The summed E-state index contributed by atoms with van der Waals surface area (Å²) in [5, 5.41) is 19.6. The molecule has 96 valence electrons. The van der Waals surface area contributed by atoms with Crippen LogP contribution in [0.4, 0.5) is 5.69 Å². The lowest BCUT2D eigenvalue weighted by molar-refractivity contribution is -0.385. The van der Waals surface area contributed by atoms with Crippen LogP contribution >= 0.6 is 0 Å². The zero-order chi connectivity index (χ0) is 14.0. The monoisotopic (exact) mass is 260 g/mol. The maximum absolute atomic E-state index is 12.1. The molecule has 0 fully saturated rings. The SMILES string of the molecule is O=C(O)c1cc(C(=O)c2ccccc2[N+](=O)[O-])c[nH]1. The van der Waals surface area contributed by atoms with Gasteiger partial charge in [0.1, 0.15) is 11.3 Å². The van der Waals surface area contributed by atoms with Gasteiger partial charge in [-0.1, -0.05) is 12.1 Å². The number of nitro benzene ring substituents is 1. The number of aromatic carboxylic acids is 1. The number of H-pyrrole nitrogens is 1. The van der Waals surface area contributed by atoms with E-state index in [1.807, 2.05) is 0 Å². The minimum atomic E-state index is -1.21. The van der Waals surface area contributed by atoms with Crippen LogP contribution in [-0.4, -0.2) is 26.8 Å². The zero-order valence-electron chi connectivity index (χ0n) is 9.49. The highest BCUT2D eigenvalue weighted by Crippen LogP contribution is 2.21. The van der Waals surface area contributed by atoms with E-state index in [1.165, 1.54) is 30.5 Å². The first-order valence-corrected chi connectivity index (χ1v) is 5.20. The summed E-state index contributed by atoms with van der Waals surface area (Å²) in [6.07, 6.45) is 1.21. The van der Waals surface area contributed by atoms with Gasteiger partial charge in [-0.2, -0.15) is 0 Å². The number of carbonyl (C=O) groups is 2. The first-order valence-electron chi connectivity index (χ1n) is 5.20. The summed E-state index contributed by atoms with van der Waals surface area (Å²) in [4.78, 5) is 35.4. The number of para-hydroxylation sites is 1. The molecule has 0 aliphatic rings. The molecule has 1 aromatic heterocycles. The molecule has 2 N–H and O–H groups in total. The Kier molecular flexibility index (Phi) is 3.11. The molecule has 19 heavy (non-hydrogen) atoms. The Morgan fingerprint density at radius 1 is 1.26 bits per heavy atom. The predicted molar refractivity (Wildman–Crippen MR) is 64.3 cm³/mol. The van der Waals surface area contributed by atoms with E-state index in [2.05, 4.69) is 4.98 Å². The van der Waals surface area contributed by atoms with Crippen molar-refractivity contribution < 1.29 is 19.6 Å². The lowest BCUT2D eigenvalue weighted by Gasteiger charge is -1.99. The second kappa shape index (κ2) is 4.73. The van der Waals surface area contributed by atoms with Crippen LogP contribution < -0.4 is 0 Å². The van der Waals surface area contributed by atoms with Crippen molar-refractivity contribution in [3.63, 3.8) is 0 Å². The first-order chi connectivity index (χ1) is 9.00. The third-order valence-corrected chi connectivity index (χ3v) is 2.52. The average Bonchev–Trinajstić information content (AvgIpc) is 2.87. The van der Waals surface area contributed by atoms with E-state index >= 15 is 0 Å². The lowest BCUT2D eigenvalue weighted by atomic mass is 10.0. The van der Waals surface area contributed by atoms with Crippen LogP contribution in [0.25, 0.3) is 0 Å². The van der Waals surface area contributed by atoms with Gasteiger partial charge >= 0.3 is 5.97 Å². The molecule has 0 radical (unpaired) electrons. The fraction of sp³-hybridized carbons (Fsp3) is 0. The number of rotatable bonds is 4. The Labute approximate surface area is 106 Å².